The molecule has 0 saturated carbocycles. The summed E-state index contributed by atoms with van der Waals surface area (Å²) in [5.41, 5.74) is 4.35. The van der Waals surface area contributed by atoms with Crippen LogP contribution in [0.3, 0.4) is 0 Å². The molecule has 6 nitrogen and oxygen atoms in total. The highest BCUT2D eigenvalue weighted by Gasteiger charge is 2.28. The first-order chi connectivity index (χ1) is 16.0. The molecule has 1 aliphatic rings. The topological polar surface area (TPSA) is 64.7 Å². The Morgan fingerprint density at radius 2 is 1.73 bits per heavy atom. The summed E-state index contributed by atoms with van der Waals surface area (Å²) in [5.74, 6) is 0. The van der Waals surface area contributed by atoms with Crippen LogP contribution in [0.15, 0.2) is 72.8 Å². The lowest BCUT2D eigenvalue weighted by Gasteiger charge is -2.36. The second-order valence-corrected chi connectivity index (χ2v) is 8.59. The van der Waals surface area contributed by atoms with Crippen LogP contribution in [-0.4, -0.2) is 30.1 Å². The molecule has 4 rings (SSSR count). The molecule has 0 bridgehead atoms. The van der Waals surface area contributed by atoms with Crippen molar-refractivity contribution >= 4 is 35.0 Å². The second kappa shape index (κ2) is 10.4. The minimum absolute atomic E-state index is 0.0761. The van der Waals surface area contributed by atoms with E-state index in [1.807, 2.05) is 84.6 Å². The van der Waals surface area contributed by atoms with Gasteiger partial charge in [0.15, 0.2) is 0 Å². The number of carbonyl (C=O) groups excluding carboxylic acids is 2. The van der Waals surface area contributed by atoms with Gasteiger partial charge in [0, 0.05) is 31.2 Å². The van der Waals surface area contributed by atoms with Crippen LogP contribution < -0.4 is 15.5 Å². The number of anilines is 2. The van der Waals surface area contributed by atoms with E-state index in [9.17, 15) is 9.59 Å². The van der Waals surface area contributed by atoms with E-state index in [2.05, 4.69) is 10.6 Å². The van der Waals surface area contributed by atoms with Gasteiger partial charge in [0.2, 0.25) is 0 Å². The quantitative estimate of drug-likeness (QED) is 0.486. The number of amides is 4. The molecule has 4 amide bonds. The fourth-order valence-electron chi connectivity index (χ4n) is 3.89. The maximum absolute atomic E-state index is 13.3. The van der Waals surface area contributed by atoms with Crippen LogP contribution in [0.5, 0.6) is 0 Å². The van der Waals surface area contributed by atoms with Crippen LogP contribution in [0, 0.1) is 6.92 Å². The van der Waals surface area contributed by atoms with E-state index < -0.39 is 0 Å². The summed E-state index contributed by atoms with van der Waals surface area (Å²) in [6, 6.07) is 22.6. The largest absolute Gasteiger partial charge is 0.334 e. The van der Waals surface area contributed by atoms with Crippen molar-refractivity contribution in [3.63, 3.8) is 0 Å². The summed E-state index contributed by atoms with van der Waals surface area (Å²) in [6.45, 7) is 4.18. The summed E-state index contributed by atoms with van der Waals surface area (Å²) in [7, 11) is 0. The number of halogens is 1. The summed E-state index contributed by atoms with van der Waals surface area (Å²) in [6.07, 6.45) is 0.840. The molecule has 0 radical (unpaired) electrons. The molecule has 0 unspecified atom stereocenters. The Morgan fingerprint density at radius 3 is 2.48 bits per heavy atom. The van der Waals surface area contributed by atoms with Gasteiger partial charge in [0.25, 0.3) is 0 Å². The van der Waals surface area contributed by atoms with Gasteiger partial charge in [-0.25, -0.2) is 9.59 Å². The summed E-state index contributed by atoms with van der Waals surface area (Å²) < 4.78 is 0. The standard InChI is InChI=1S/C26H27ClN4O2/c1-19-8-13-24(23(16-19)29-25(32)28-17-20-6-3-2-4-7-20)31-15-5-14-30(26(31)33)18-21-9-11-22(27)12-10-21/h2-4,6-13,16H,5,14-15,17-18H2,1H3,(H2,28,29,32). The summed E-state index contributed by atoms with van der Waals surface area (Å²) in [4.78, 5) is 29.5. The molecule has 1 saturated heterocycles. The van der Waals surface area contributed by atoms with Gasteiger partial charge in [-0.3, -0.25) is 4.90 Å². The van der Waals surface area contributed by atoms with Crippen LogP contribution in [0.25, 0.3) is 0 Å². The average molecular weight is 463 g/mol. The van der Waals surface area contributed by atoms with Crippen LogP contribution in [-0.2, 0) is 13.1 Å². The fraction of sp³-hybridized carbons (Fsp3) is 0.231. The predicted octanol–water partition coefficient (Wildman–Crippen LogP) is 5.80. The molecular weight excluding hydrogens is 436 g/mol. The van der Waals surface area contributed by atoms with Gasteiger partial charge in [-0.1, -0.05) is 60.1 Å². The maximum Gasteiger partial charge on any atom is 0.324 e. The molecular formula is C26H27ClN4O2. The van der Waals surface area contributed by atoms with E-state index in [-0.39, 0.29) is 12.1 Å². The van der Waals surface area contributed by atoms with Crippen molar-refractivity contribution in [3.8, 4) is 0 Å². The Kier molecular flexibility index (Phi) is 7.15. The number of nitrogens with one attached hydrogen (secondary N) is 2. The van der Waals surface area contributed by atoms with Gasteiger partial charge >= 0.3 is 12.1 Å². The third-order valence-corrected chi connectivity index (χ3v) is 5.84. The number of hydrogen-bond acceptors (Lipinski definition) is 2. The summed E-state index contributed by atoms with van der Waals surface area (Å²) >= 11 is 5.99. The smallest absolute Gasteiger partial charge is 0.324 e. The molecule has 0 aromatic heterocycles. The Balaban J connectivity index is 1.47. The van der Waals surface area contributed by atoms with Crippen molar-refractivity contribution in [1.82, 2.24) is 10.2 Å². The van der Waals surface area contributed by atoms with E-state index in [0.717, 1.165) is 23.1 Å². The van der Waals surface area contributed by atoms with E-state index in [1.165, 1.54) is 0 Å². The van der Waals surface area contributed by atoms with Crippen molar-refractivity contribution in [2.75, 3.05) is 23.3 Å². The third-order valence-electron chi connectivity index (χ3n) is 5.58. The monoisotopic (exact) mass is 462 g/mol. The van der Waals surface area contributed by atoms with Gasteiger partial charge in [0.1, 0.15) is 0 Å². The maximum atomic E-state index is 13.3. The van der Waals surface area contributed by atoms with Gasteiger partial charge in [-0.05, 0) is 54.3 Å². The van der Waals surface area contributed by atoms with Crippen molar-refractivity contribution in [2.45, 2.75) is 26.4 Å². The van der Waals surface area contributed by atoms with E-state index in [1.54, 1.807) is 4.90 Å². The lowest BCUT2D eigenvalue weighted by Crippen LogP contribution is -2.49. The molecule has 1 aliphatic heterocycles. The fourth-order valence-corrected chi connectivity index (χ4v) is 4.02. The van der Waals surface area contributed by atoms with Crippen LogP contribution in [0.2, 0.25) is 5.02 Å². The molecule has 7 heteroatoms. The molecule has 0 spiro atoms. The number of rotatable bonds is 6. The highest BCUT2D eigenvalue weighted by atomic mass is 35.5. The molecule has 3 aromatic rings. The minimum atomic E-state index is -0.312. The van der Waals surface area contributed by atoms with Gasteiger partial charge in [0.05, 0.1) is 11.4 Å². The number of carbonyl (C=O) groups is 2. The Morgan fingerprint density at radius 1 is 0.970 bits per heavy atom. The lowest BCUT2D eigenvalue weighted by atomic mass is 10.1. The SMILES string of the molecule is Cc1ccc(N2CCCN(Cc3ccc(Cl)cc3)C2=O)c(NC(=O)NCc2ccccc2)c1. The van der Waals surface area contributed by atoms with Crippen molar-refractivity contribution in [3.05, 3.63) is 94.5 Å². The normalized spacial score (nSPS) is 13.7. The molecule has 1 heterocycles. The molecule has 170 valence electrons. The predicted molar refractivity (Wildman–Crippen MR) is 133 cm³/mol. The Labute approximate surface area is 199 Å². The van der Waals surface area contributed by atoms with E-state index >= 15 is 0 Å². The highest BCUT2D eigenvalue weighted by molar-refractivity contribution is 6.30. The number of aryl methyl sites for hydroxylation is 1. The van der Waals surface area contributed by atoms with Crippen LogP contribution >= 0.6 is 11.6 Å². The van der Waals surface area contributed by atoms with E-state index in [4.69, 9.17) is 11.6 Å². The minimum Gasteiger partial charge on any atom is -0.334 e. The number of nitrogens with zero attached hydrogens (tertiary/aromatic N) is 2. The molecule has 1 fully saturated rings. The Hall–Kier alpha value is -3.51. The molecule has 0 aliphatic carbocycles. The number of benzene rings is 3. The van der Waals surface area contributed by atoms with Gasteiger partial charge < -0.3 is 15.5 Å². The first-order valence-electron chi connectivity index (χ1n) is 11.0. The van der Waals surface area contributed by atoms with Crippen molar-refractivity contribution in [2.24, 2.45) is 0 Å². The zero-order valence-electron chi connectivity index (χ0n) is 18.6. The average Bonchev–Trinajstić information content (AvgIpc) is 2.82. The number of hydrogen-bond donors (Lipinski definition) is 2. The first kappa shape index (κ1) is 22.7. The summed E-state index contributed by atoms with van der Waals surface area (Å²) in [5, 5.41) is 6.49. The molecule has 3 aromatic carbocycles. The van der Waals surface area contributed by atoms with Gasteiger partial charge in [-0.2, -0.15) is 0 Å². The number of urea groups is 2. The second-order valence-electron chi connectivity index (χ2n) is 8.15. The first-order valence-corrected chi connectivity index (χ1v) is 11.4. The zero-order valence-corrected chi connectivity index (χ0v) is 19.3. The lowest BCUT2D eigenvalue weighted by molar-refractivity contribution is 0.192. The zero-order chi connectivity index (χ0) is 23.2. The van der Waals surface area contributed by atoms with Crippen molar-refractivity contribution in [1.29, 1.82) is 0 Å². The van der Waals surface area contributed by atoms with Crippen LogP contribution in [0.4, 0.5) is 21.0 Å². The molecule has 0 atom stereocenters. The van der Waals surface area contributed by atoms with Crippen LogP contribution in [0.1, 0.15) is 23.1 Å². The molecule has 2 N–H and O–H groups in total. The third kappa shape index (κ3) is 5.84. The van der Waals surface area contributed by atoms with E-state index in [0.29, 0.717) is 42.6 Å². The molecule has 33 heavy (non-hydrogen) atoms. The van der Waals surface area contributed by atoms with Crippen molar-refractivity contribution < 1.29 is 9.59 Å². The Bertz CT molecular complexity index is 1120. The highest BCUT2D eigenvalue weighted by Crippen LogP contribution is 2.30. The van der Waals surface area contributed by atoms with Gasteiger partial charge in [-0.15, -0.1) is 0 Å².